The van der Waals surface area contributed by atoms with Crippen molar-refractivity contribution in [2.24, 2.45) is 0 Å². The monoisotopic (exact) mass is 392 g/mol. The number of halogens is 1. The van der Waals surface area contributed by atoms with Gasteiger partial charge in [0.1, 0.15) is 5.82 Å². The van der Waals surface area contributed by atoms with E-state index in [1.165, 1.54) is 12.1 Å². The van der Waals surface area contributed by atoms with E-state index in [1.54, 1.807) is 0 Å². The van der Waals surface area contributed by atoms with Crippen molar-refractivity contribution in [3.63, 3.8) is 0 Å². The second-order valence-electron chi connectivity index (χ2n) is 8.28. The average Bonchev–Trinajstić information content (AvgIpc) is 3.04. The van der Waals surface area contributed by atoms with E-state index < -0.39 is 0 Å². The zero-order chi connectivity index (χ0) is 20.1. The number of nitrogens with one attached hydrogen (secondary N) is 2. The minimum Gasteiger partial charge on any atom is -0.334 e. The predicted molar refractivity (Wildman–Crippen MR) is 110 cm³/mol. The highest BCUT2D eigenvalue weighted by atomic mass is 19.1. The van der Waals surface area contributed by atoms with Gasteiger partial charge in [0, 0.05) is 18.6 Å². The van der Waals surface area contributed by atoms with Crippen LogP contribution < -0.4 is 5.32 Å². The molecule has 6 heteroatoms. The normalized spacial score (nSPS) is 25.2. The maximum absolute atomic E-state index is 13.4. The van der Waals surface area contributed by atoms with Gasteiger partial charge in [-0.15, -0.1) is 0 Å². The summed E-state index contributed by atoms with van der Waals surface area (Å²) in [6.07, 6.45) is 4.11. The lowest BCUT2D eigenvalue weighted by Gasteiger charge is -2.32. The van der Waals surface area contributed by atoms with E-state index in [0.717, 1.165) is 42.3 Å². The third-order valence-corrected chi connectivity index (χ3v) is 6.77. The molecular weight excluding hydrogens is 367 g/mol. The van der Waals surface area contributed by atoms with Crippen molar-refractivity contribution in [1.82, 2.24) is 20.2 Å². The number of aromatic nitrogens is 2. The van der Waals surface area contributed by atoms with Gasteiger partial charge >= 0.3 is 0 Å². The van der Waals surface area contributed by atoms with Crippen LogP contribution >= 0.6 is 0 Å². The number of benzene rings is 2. The van der Waals surface area contributed by atoms with Crippen LogP contribution in [-0.4, -0.2) is 38.4 Å². The highest BCUT2D eigenvalue weighted by Crippen LogP contribution is 2.63. The second kappa shape index (κ2) is 6.66. The van der Waals surface area contributed by atoms with Crippen LogP contribution in [0.15, 0.2) is 48.5 Å². The minimum atomic E-state index is -0.220. The molecule has 0 bridgehead atoms. The number of H-pyrrole nitrogens is 1. The molecule has 2 aliphatic rings. The van der Waals surface area contributed by atoms with Gasteiger partial charge in [0.15, 0.2) is 5.82 Å². The van der Waals surface area contributed by atoms with Gasteiger partial charge < -0.3 is 15.2 Å². The van der Waals surface area contributed by atoms with Crippen LogP contribution in [0.5, 0.6) is 0 Å². The molecule has 5 nitrogen and oxygen atoms in total. The Labute approximate surface area is 169 Å². The van der Waals surface area contributed by atoms with E-state index in [9.17, 15) is 9.18 Å². The molecule has 2 atom stereocenters. The molecule has 0 radical (unpaired) electrons. The highest BCUT2D eigenvalue weighted by Gasteiger charge is 2.73. The number of carbonyl (C=O) groups is 1. The molecule has 0 aliphatic heterocycles. The van der Waals surface area contributed by atoms with Crippen LogP contribution in [0.25, 0.3) is 11.0 Å². The predicted octanol–water partition coefficient (Wildman–Crippen LogP) is 4.02. The molecule has 2 saturated carbocycles. The molecule has 0 saturated heterocycles. The fourth-order valence-corrected chi connectivity index (χ4v) is 5.29. The van der Waals surface area contributed by atoms with Gasteiger partial charge in [-0.3, -0.25) is 4.79 Å². The van der Waals surface area contributed by atoms with Crippen LogP contribution in [0, 0.1) is 5.82 Å². The van der Waals surface area contributed by atoms with Crippen LogP contribution in [0.1, 0.15) is 48.8 Å². The Morgan fingerprint density at radius 2 is 2.00 bits per heavy atom. The number of hydrogen-bond donors (Lipinski definition) is 2. The molecule has 3 aromatic rings. The SMILES string of the molecule is CCN(C(=O)c1nc2ccccc2[nH]1)[C@@]12CCC[C@]1(NCc1ccc(F)cc1)C2. The first-order valence-corrected chi connectivity index (χ1v) is 10.3. The number of rotatable bonds is 6. The number of fused-ring (bicyclic) bond motifs is 2. The molecule has 2 N–H and O–H groups in total. The summed E-state index contributed by atoms with van der Waals surface area (Å²) < 4.78 is 13.2. The van der Waals surface area contributed by atoms with Gasteiger partial charge in [-0.05, 0) is 62.4 Å². The van der Waals surface area contributed by atoms with Gasteiger partial charge in [-0.1, -0.05) is 24.3 Å². The summed E-state index contributed by atoms with van der Waals surface area (Å²) in [5.41, 5.74) is 2.54. The van der Waals surface area contributed by atoms with Crippen molar-refractivity contribution >= 4 is 16.9 Å². The van der Waals surface area contributed by atoms with E-state index >= 15 is 0 Å². The van der Waals surface area contributed by atoms with E-state index in [1.807, 2.05) is 48.2 Å². The Hall–Kier alpha value is -2.73. The molecule has 0 spiro atoms. The first-order chi connectivity index (χ1) is 14.1. The van der Waals surface area contributed by atoms with Crippen molar-refractivity contribution in [2.75, 3.05) is 6.54 Å². The van der Waals surface area contributed by atoms with Crippen LogP contribution in [0.2, 0.25) is 0 Å². The third kappa shape index (κ3) is 2.85. The molecule has 2 fully saturated rings. The fraction of sp³-hybridized carbons (Fsp3) is 0.391. The van der Waals surface area contributed by atoms with Gasteiger partial charge in [-0.25, -0.2) is 9.37 Å². The quantitative estimate of drug-likeness (QED) is 0.666. The zero-order valence-corrected chi connectivity index (χ0v) is 16.5. The lowest BCUT2D eigenvalue weighted by Crippen LogP contribution is -2.49. The van der Waals surface area contributed by atoms with Crippen molar-refractivity contribution in [2.45, 2.75) is 50.2 Å². The molecule has 2 aliphatic carbocycles. The molecule has 1 heterocycles. The molecule has 5 rings (SSSR count). The van der Waals surface area contributed by atoms with Crippen molar-refractivity contribution in [3.05, 3.63) is 65.7 Å². The number of hydrogen-bond acceptors (Lipinski definition) is 3. The fourth-order valence-electron chi connectivity index (χ4n) is 5.29. The molecule has 1 aromatic heterocycles. The summed E-state index contributed by atoms with van der Waals surface area (Å²) in [4.78, 5) is 23.1. The van der Waals surface area contributed by atoms with Gasteiger partial charge in [0.25, 0.3) is 5.91 Å². The smallest absolute Gasteiger partial charge is 0.290 e. The van der Waals surface area contributed by atoms with Crippen molar-refractivity contribution in [1.29, 1.82) is 0 Å². The van der Waals surface area contributed by atoms with E-state index in [0.29, 0.717) is 18.9 Å². The number of imidazole rings is 1. The summed E-state index contributed by atoms with van der Waals surface area (Å²) in [5.74, 6) is 0.159. The van der Waals surface area contributed by atoms with Crippen LogP contribution in [-0.2, 0) is 6.54 Å². The average molecular weight is 392 g/mol. The first-order valence-electron chi connectivity index (χ1n) is 10.3. The van der Waals surface area contributed by atoms with Gasteiger partial charge in [0.2, 0.25) is 0 Å². The Morgan fingerprint density at radius 1 is 1.21 bits per heavy atom. The lowest BCUT2D eigenvalue weighted by molar-refractivity contribution is 0.0625. The Morgan fingerprint density at radius 3 is 2.76 bits per heavy atom. The van der Waals surface area contributed by atoms with E-state index in [2.05, 4.69) is 15.3 Å². The molecule has 1 amide bonds. The molecule has 0 unspecified atom stereocenters. The third-order valence-electron chi connectivity index (χ3n) is 6.77. The second-order valence-corrected chi connectivity index (χ2v) is 8.28. The summed E-state index contributed by atoms with van der Waals surface area (Å²) in [7, 11) is 0. The topological polar surface area (TPSA) is 61.0 Å². The summed E-state index contributed by atoms with van der Waals surface area (Å²) in [5, 5.41) is 3.71. The van der Waals surface area contributed by atoms with Crippen LogP contribution in [0.4, 0.5) is 4.39 Å². The maximum Gasteiger partial charge on any atom is 0.290 e. The Bertz CT molecular complexity index is 1030. The molecule has 2 aromatic carbocycles. The van der Waals surface area contributed by atoms with Crippen LogP contribution in [0.3, 0.4) is 0 Å². The molecular formula is C23H25FN4O. The number of para-hydroxylation sites is 2. The maximum atomic E-state index is 13.4. The number of amides is 1. The standard InChI is InChI=1S/C23H25FN4O/c1-2-28(21(29)20-26-18-6-3-4-7-19(18)27-20)23-13-5-12-22(23,15-23)25-14-16-8-10-17(24)11-9-16/h3-4,6-11,25H,2,5,12-15H2,1H3,(H,26,27)/t22-,23+/m0/s1. The van der Waals surface area contributed by atoms with E-state index in [4.69, 9.17) is 0 Å². The highest BCUT2D eigenvalue weighted by molar-refractivity contribution is 5.95. The Balaban J connectivity index is 1.37. The molecule has 29 heavy (non-hydrogen) atoms. The first kappa shape index (κ1) is 18.3. The largest absolute Gasteiger partial charge is 0.334 e. The van der Waals surface area contributed by atoms with Crippen molar-refractivity contribution in [3.8, 4) is 0 Å². The zero-order valence-electron chi connectivity index (χ0n) is 16.5. The van der Waals surface area contributed by atoms with Gasteiger partial charge in [-0.2, -0.15) is 0 Å². The minimum absolute atomic E-state index is 0.0314. The lowest BCUT2D eigenvalue weighted by atomic mass is 10.1. The number of likely N-dealkylation sites (N-methyl/N-ethyl adjacent to an activating group) is 1. The van der Waals surface area contributed by atoms with E-state index in [-0.39, 0.29) is 22.8 Å². The molecule has 150 valence electrons. The van der Waals surface area contributed by atoms with Gasteiger partial charge in [0.05, 0.1) is 16.6 Å². The summed E-state index contributed by atoms with van der Waals surface area (Å²) in [6.45, 7) is 3.37. The summed E-state index contributed by atoms with van der Waals surface area (Å²) >= 11 is 0. The Kier molecular flexibility index (Phi) is 4.21. The summed E-state index contributed by atoms with van der Waals surface area (Å²) in [6, 6.07) is 14.3. The number of aromatic amines is 1. The van der Waals surface area contributed by atoms with Crippen molar-refractivity contribution < 1.29 is 9.18 Å². The number of nitrogens with zero attached hydrogens (tertiary/aromatic N) is 2. The number of carbonyl (C=O) groups excluding carboxylic acids is 1.